The van der Waals surface area contributed by atoms with Gasteiger partial charge in [-0.2, -0.15) is 5.10 Å². The molecular formula is C8H7N3O2S. The summed E-state index contributed by atoms with van der Waals surface area (Å²) in [6, 6.07) is 3.53. The average Bonchev–Trinajstić information content (AvgIpc) is 2.65. The quantitative estimate of drug-likeness (QED) is 0.798. The number of methoxy groups -OCH3 is 1. The Bertz CT molecular complexity index is 474. The predicted molar refractivity (Wildman–Crippen MR) is 52.5 cm³/mol. The first-order chi connectivity index (χ1) is 6.79. The van der Waals surface area contributed by atoms with Crippen molar-refractivity contribution in [2.24, 2.45) is 0 Å². The van der Waals surface area contributed by atoms with E-state index in [-0.39, 0.29) is 4.87 Å². The monoisotopic (exact) mass is 209 g/mol. The molecule has 72 valence electrons. The first-order valence-electron chi connectivity index (χ1n) is 3.85. The molecule has 0 aliphatic rings. The lowest BCUT2D eigenvalue weighted by Gasteiger charge is -1.98. The van der Waals surface area contributed by atoms with Gasteiger partial charge in [0.2, 0.25) is 0 Å². The third kappa shape index (κ3) is 1.64. The molecule has 0 aromatic carbocycles. The molecule has 0 bridgehead atoms. The summed E-state index contributed by atoms with van der Waals surface area (Å²) in [5.41, 5.74) is 0.661. The number of hydrogen-bond acceptors (Lipinski definition) is 5. The highest BCUT2D eigenvalue weighted by atomic mass is 32.1. The summed E-state index contributed by atoms with van der Waals surface area (Å²) in [6.45, 7) is 0. The molecule has 2 heterocycles. The molecule has 5 nitrogen and oxygen atoms in total. The van der Waals surface area contributed by atoms with Crippen LogP contribution in [0.3, 0.4) is 0 Å². The van der Waals surface area contributed by atoms with E-state index in [9.17, 15) is 4.79 Å². The van der Waals surface area contributed by atoms with Gasteiger partial charge < -0.3 is 4.74 Å². The van der Waals surface area contributed by atoms with Crippen LogP contribution < -0.4 is 9.61 Å². The lowest BCUT2D eigenvalue weighted by atomic mass is 10.3. The molecule has 0 aliphatic carbocycles. The number of nitrogens with one attached hydrogen (secondary N) is 1. The van der Waals surface area contributed by atoms with Crippen molar-refractivity contribution >= 4 is 11.3 Å². The molecule has 0 saturated heterocycles. The van der Waals surface area contributed by atoms with Crippen LogP contribution in [0.1, 0.15) is 0 Å². The van der Waals surface area contributed by atoms with Crippen LogP contribution in [0.2, 0.25) is 0 Å². The van der Waals surface area contributed by atoms with Crippen LogP contribution in [0, 0.1) is 0 Å². The Labute approximate surface area is 83.4 Å². The standard InChI is InChI=1S/C8H7N3O2S/c1-13-5-2-3-6(9-4-5)7-10-11-8(12)14-7/h2-4H,1H3,(H,11,12). The molecule has 0 saturated carbocycles. The van der Waals surface area contributed by atoms with Crippen molar-refractivity contribution in [3.63, 3.8) is 0 Å². The predicted octanol–water partition coefficient (Wildman–Crippen LogP) is 0.902. The number of ether oxygens (including phenoxy) is 1. The van der Waals surface area contributed by atoms with Crippen LogP contribution >= 0.6 is 11.3 Å². The van der Waals surface area contributed by atoms with Gasteiger partial charge in [-0.3, -0.25) is 4.79 Å². The second kappa shape index (κ2) is 3.59. The number of H-pyrrole nitrogens is 1. The average molecular weight is 209 g/mol. The Balaban J connectivity index is 2.38. The minimum atomic E-state index is -0.183. The molecule has 0 radical (unpaired) electrons. The second-order valence-corrected chi connectivity index (χ2v) is 3.46. The van der Waals surface area contributed by atoms with Crippen molar-refractivity contribution in [2.45, 2.75) is 0 Å². The van der Waals surface area contributed by atoms with Gasteiger partial charge in [0.1, 0.15) is 11.4 Å². The molecule has 1 N–H and O–H groups in total. The van der Waals surface area contributed by atoms with E-state index < -0.39 is 0 Å². The summed E-state index contributed by atoms with van der Waals surface area (Å²) in [5, 5.41) is 6.74. The zero-order valence-corrected chi connectivity index (χ0v) is 8.17. The summed E-state index contributed by atoms with van der Waals surface area (Å²) in [4.78, 5) is 14.7. The van der Waals surface area contributed by atoms with Crippen LogP contribution in [-0.4, -0.2) is 22.3 Å². The van der Waals surface area contributed by atoms with E-state index in [2.05, 4.69) is 15.2 Å². The summed E-state index contributed by atoms with van der Waals surface area (Å²) >= 11 is 1.03. The number of aromatic nitrogens is 3. The maximum Gasteiger partial charge on any atom is 0.322 e. The van der Waals surface area contributed by atoms with Gasteiger partial charge in [0.05, 0.1) is 13.3 Å². The van der Waals surface area contributed by atoms with Crippen molar-refractivity contribution in [1.29, 1.82) is 0 Å². The molecule has 2 aromatic heterocycles. The maximum atomic E-state index is 10.8. The van der Waals surface area contributed by atoms with E-state index in [4.69, 9.17) is 4.74 Å². The molecule has 0 atom stereocenters. The highest BCUT2D eigenvalue weighted by molar-refractivity contribution is 7.12. The van der Waals surface area contributed by atoms with E-state index in [0.29, 0.717) is 16.5 Å². The Morgan fingerprint density at radius 2 is 2.36 bits per heavy atom. The maximum absolute atomic E-state index is 10.8. The summed E-state index contributed by atoms with van der Waals surface area (Å²) < 4.78 is 4.96. The molecule has 2 rings (SSSR count). The van der Waals surface area contributed by atoms with Crippen molar-refractivity contribution in [3.05, 3.63) is 28.0 Å². The van der Waals surface area contributed by atoms with Gasteiger partial charge >= 0.3 is 4.87 Å². The summed E-state index contributed by atoms with van der Waals surface area (Å²) in [7, 11) is 1.57. The second-order valence-electron chi connectivity index (χ2n) is 2.50. The molecule has 0 fully saturated rings. The van der Waals surface area contributed by atoms with Gasteiger partial charge in [-0.1, -0.05) is 11.3 Å². The van der Waals surface area contributed by atoms with Crippen LogP contribution in [0.15, 0.2) is 23.1 Å². The molecule has 0 spiro atoms. The smallest absolute Gasteiger partial charge is 0.322 e. The summed E-state index contributed by atoms with van der Waals surface area (Å²) in [6.07, 6.45) is 1.58. The largest absolute Gasteiger partial charge is 0.495 e. The van der Waals surface area contributed by atoms with Gasteiger partial charge in [-0.25, -0.2) is 10.1 Å². The fourth-order valence-electron chi connectivity index (χ4n) is 0.967. The SMILES string of the molecule is COc1ccc(-c2n[nH]c(=O)s2)nc1. The molecular weight excluding hydrogens is 202 g/mol. The van der Waals surface area contributed by atoms with Crippen molar-refractivity contribution in [3.8, 4) is 16.5 Å². The zero-order valence-electron chi connectivity index (χ0n) is 7.35. The number of nitrogens with zero attached hydrogens (tertiary/aromatic N) is 2. The normalized spacial score (nSPS) is 10.1. The van der Waals surface area contributed by atoms with E-state index in [1.165, 1.54) is 0 Å². The molecule has 2 aromatic rings. The highest BCUT2D eigenvalue weighted by Crippen LogP contribution is 2.18. The fraction of sp³-hybridized carbons (Fsp3) is 0.125. The zero-order chi connectivity index (χ0) is 9.97. The first kappa shape index (κ1) is 8.89. The van der Waals surface area contributed by atoms with Gasteiger partial charge in [0, 0.05) is 0 Å². The van der Waals surface area contributed by atoms with Crippen LogP contribution in [0.25, 0.3) is 10.7 Å². The van der Waals surface area contributed by atoms with Crippen LogP contribution in [-0.2, 0) is 0 Å². The molecule has 0 unspecified atom stereocenters. The fourth-order valence-corrected chi connectivity index (χ4v) is 1.55. The third-order valence-corrected chi connectivity index (χ3v) is 2.40. The van der Waals surface area contributed by atoms with E-state index in [1.54, 1.807) is 25.4 Å². The number of aromatic amines is 1. The number of hydrogen-bond donors (Lipinski definition) is 1. The van der Waals surface area contributed by atoms with Gasteiger partial charge in [-0.05, 0) is 12.1 Å². The Morgan fingerprint density at radius 1 is 1.50 bits per heavy atom. The molecule has 0 aliphatic heterocycles. The van der Waals surface area contributed by atoms with Gasteiger partial charge in [0.15, 0.2) is 5.01 Å². The number of pyridine rings is 1. The first-order valence-corrected chi connectivity index (χ1v) is 4.67. The lowest BCUT2D eigenvalue weighted by molar-refractivity contribution is 0.413. The minimum absolute atomic E-state index is 0.183. The topological polar surface area (TPSA) is 67.9 Å². The molecule has 0 amide bonds. The van der Waals surface area contributed by atoms with Crippen molar-refractivity contribution < 1.29 is 4.74 Å². The Morgan fingerprint density at radius 3 is 2.86 bits per heavy atom. The van der Waals surface area contributed by atoms with E-state index >= 15 is 0 Å². The van der Waals surface area contributed by atoms with E-state index in [0.717, 1.165) is 11.3 Å². The van der Waals surface area contributed by atoms with Crippen molar-refractivity contribution in [2.75, 3.05) is 7.11 Å². The Kier molecular flexibility index (Phi) is 2.28. The van der Waals surface area contributed by atoms with Gasteiger partial charge in [0.25, 0.3) is 0 Å². The van der Waals surface area contributed by atoms with Crippen molar-refractivity contribution in [1.82, 2.24) is 15.2 Å². The van der Waals surface area contributed by atoms with E-state index in [1.807, 2.05) is 0 Å². The molecule has 6 heteroatoms. The van der Waals surface area contributed by atoms with Crippen LogP contribution in [0.4, 0.5) is 0 Å². The minimum Gasteiger partial charge on any atom is -0.495 e. The van der Waals surface area contributed by atoms with Crippen LogP contribution in [0.5, 0.6) is 5.75 Å². The van der Waals surface area contributed by atoms with Gasteiger partial charge in [-0.15, -0.1) is 0 Å². The molecule has 14 heavy (non-hydrogen) atoms. The Hall–Kier alpha value is -1.69. The lowest BCUT2D eigenvalue weighted by Crippen LogP contribution is -1.90. The third-order valence-electron chi connectivity index (χ3n) is 1.63. The summed E-state index contributed by atoms with van der Waals surface area (Å²) in [5.74, 6) is 0.677. The highest BCUT2D eigenvalue weighted by Gasteiger charge is 2.04. The number of rotatable bonds is 2.